The fraction of sp³-hybridized carbons (Fsp3) is 0.222. The molecule has 0 aliphatic carbocycles. The van der Waals surface area contributed by atoms with Gasteiger partial charge in [-0.3, -0.25) is 0 Å². The van der Waals surface area contributed by atoms with E-state index in [-0.39, 0.29) is 0 Å². The van der Waals surface area contributed by atoms with Crippen LogP contribution in [0.1, 0.15) is 17.0 Å². The van der Waals surface area contributed by atoms with Crippen LogP contribution < -0.4 is 5.32 Å². The van der Waals surface area contributed by atoms with Crippen molar-refractivity contribution in [3.63, 3.8) is 0 Å². The first-order valence-electron chi connectivity index (χ1n) is 7.45. The summed E-state index contributed by atoms with van der Waals surface area (Å²) < 4.78 is 5.68. The van der Waals surface area contributed by atoms with Crippen LogP contribution in [0.4, 0.5) is 0 Å². The maximum atomic E-state index is 5.68. The molecule has 0 amide bonds. The molecule has 0 saturated carbocycles. The summed E-state index contributed by atoms with van der Waals surface area (Å²) in [6.07, 6.45) is 0.728. The van der Waals surface area contributed by atoms with Crippen LogP contribution in [-0.2, 0) is 13.0 Å². The molecule has 4 nitrogen and oxygen atoms in total. The molecular formula is C18H19N3O. The van der Waals surface area contributed by atoms with Crippen molar-refractivity contribution in [1.29, 1.82) is 0 Å². The molecule has 1 heterocycles. The maximum absolute atomic E-state index is 5.68. The molecule has 22 heavy (non-hydrogen) atoms. The van der Waals surface area contributed by atoms with Gasteiger partial charge in [-0.25, -0.2) is 0 Å². The van der Waals surface area contributed by atoms with E-state index in [1.54, 1.807) is 0 Å². The van der Waals surface area contributed by atoms with Crippen LogP contribution >= 0.6 is 0 Å². The molecule has 2 aromatic carbocycles. The van der Waals surface area contributed by atoms with Gasteiger partial charge in [0.25, 0.3) is 0 Å². The Morgan fingerprint density at radius 2 is 1.86 bits per heavy atom. The van der Waals surface area contributed by atoms with Gasteiger partial charge in [0.15, 0.2) is 0 Å². The lowest BCUT2D eigenvalue weighted by Gasteiger charge is -2.04. The van der Waals surface area contributed by atoms with Crippen molar-refractivity contribution in [3.8, 4) is 11.5 Å². The van der Waals surface area contributed by atoms with Gasteiger partial charge < -0.3 is 9.73 Å². The number of rotatable bonds is 6. The molecule has 0 saturated heterocycles. The summed E-state index contributed by atoms with van der Waals surface area (Å²) in [5.41, 5.74) is 3.52. The van der Waals surface area contributed by atoms with Crippen LogP contribution in [0.5, 0.6) is 0 Å². The third kappa shape index (κ3) is 3.80. The fourth-order valence-electron chi connectivity index (χ4n) is 2.30. The number of nitrogens with zero attached hydrogens (tertiary/aromatic N) is 2. The van der Waals surface area contributed by atoms with Gasteiger partial charge in [0, 0.05) is 25.1 Å². The van der Waals surface area contributed by atoms with Gasteiger partial charge in [0.2, 0.25) is 11.8 Å². The van der Waals surface area contributed by atoms with Gasteiger partial charge in [-0.15, -0.1) is 10.2 Å². The van der Waals surface area contributed by atoms with Crippen LogP contribution in [0.25, 0.3) is 11.5 Å². The molecule has 0 spiro atoms. The summed E-state index contributed by atoms with van der Waals surface area (Å²) in [4.78, 5) is 0. The average molecular weight is 293 g/mol. The normalized spacial score (nSPS) is 10.8. The van der Waals surface area contributed by atoms with E-state index in [0.29, 0.717) is 11.8 Å². The second-order valence-electron chi connectivity index (χ2n) is 5.28. The number of benzene rings is 2. The monoisotopic (exact) mass is 293 g/mol. The number of hydrogen-bond acceptors (Lipinski definition) is 4. The molecule has 0 atom stereocenters. The predicted molar refractivity (Wildman–Crippen MR) is 86.3 cm³/mol. The zero-order valence-corrected chi connectivity index (χ0v) is 12.6. The van der Waals surface area contributed by atoms with E-state index < -0.39 is 0 Å². The van der Waals surface area contributed by atoms with Crippen molar-refractivity contribution < 1.29 is 4.42 Å². The predicted octanol–water partition coefficient (Wildman–Crippen LogP) is 3.38. The first-order valence-corrected chi connectivity index (χ1v) is 7.45. The van der Waals surface area contributed by atoms with E-state index in [4.69, 9.17) is 4.42 Å². The van der Waals surface area contributed by atoms with E-state index in [0.717, 1.165) is 25.1 Å². The largest absolute Gasteiger partial charge is 0.421 e. The minimum Gasteiger partial charge on any atom is -0.421 e. The average Bonchev–Trinajstić information content (AvgIpc) is 3.01. The maximum Gasteiger partial charge on any atom is 0.247 e. The molecule has 4 heteroatoms. The van der Waals surface area contributed by atoms with Crippen LogP contribution in [0.15, 0.2) is 59.0 Å². The van der Waals surface area contributed by atoms with Crippen LogP contribution in [0.3, 0.4) is 0 Å². The van der Waals surface area contributed by atoms with Crippen LogP contribution in [0, 0.1) is 6.92 Å². The van der Waals surface area contributed by atoms with Crippen molar-refractivity contribution in [3.05, 3.63) is 71.6 Å². The van der Waals surface area contributed by atoms with Crippen LogP contribution in [-0.4, -0.2) is 16.7 Å². The number of nitrogens with one attached hydrogen (secondary N) is 1. The van der Waals surface area contributed by atoms with Crippen molar-refractivity contribution in [1.82, 2.24) is 15.5 Å². The molecule has 3 rings (SSSR count). The Bertz CT molecular complexity index is 722. The first-order chi connectivity index (χ1) is 10.8. The molecule has 0 bridgehead atoms. The Kier molecular flexibility index (Phi) is 4.61. The van der Waals surface area contributed by atoms with E-state index in [9.17, 15) is 0 Å². The lowest BCUT2D eigenvalue weighted by Crippen LogP contribution is -2.16. The van der Waals surface area contributed by atoms with Crippen molar-refractivity contribution >= 4 is 0 Å². The van der Waals surface area contributed by atoms with E-state index in [1.165, 1.54) is 11.1 Å². The van der Waals surface area contributed by atoms with Gasteiger partial charge in [-0.05, 0) is 24.6 Å². The molecule has 0 aliphatic heterocycles. The topological polar surface area (TPSA) is 51.0 Å². The molecule has 112 valence electrons. The van der Waals surface area contributed by atoms with Gasteiger partial charge >= 0.3 is 0 Å². The minimum absolute atomic E-state index is 0.578. The highest BCUT2D eigenvalue weighted by atomic mass is 16.4. The Morgan fingerprint density at radius 3 is 2.68 bits per heavy atom. The highest BCUT2D eigenvalue weighted by Gasteiger charge is 2.07. The Balaban J connectivity index is 1.49. The summed E-state index contributed by atoms with van der Waals surface area (Å²) in [6, 6.07) is 18.3. The third-order valence-corrected chi connectivity index (χ3v) is 3.41. The summed E-state index contributed by atoms with van der Waals surface area (Å²) in [7, 11) is 0. The highest BCUT2D eigenvalue weighted by Crippen LogP contribution is 2.16. The lowest BCUT2D eigenvalue weighted by molar-refractivity contribution is 0.494. The second-order valence-corrected chi connectivity index (χ2v) is 5.28. The van der Waals surface area contributed by atoms with Gasteiger partial charge in [-0.1, -0.05) is 48.0 Å². The van der Waals surface area contributed by atoms with E-state index >= 15 is 0 Å². The molecule has 0 fully saturated rings. The lowest BCUT2D eigenvalue weighted by atomic mass is 10.1. The smallest absolute Gasteiger partial charge is 0.247 e. The molecule has 3 aromatic rings. The number of aromatic nitrogens is 2. The zero-order valence-electron chi connectivity index (χ0n) is 12.6. The molecule has 0 radical (unpaired) electrons. The van der Waals surface area contributed by atoms with Crippen molar-refractivity contribution in [2.24, 2.45) is 0 Å². The SMILES string of the molecule is Cc1cccc(CNCCc2nnc(-c3ccccc3)o2)c1. The van der Waals surface area contributed by atoms with Crippen molar-refractivity contribution in [2.75, 3.05) is 6.54 Å². The van der Waals surface area contributed by atoms with Crippen LogP contribution in [0.2, 0.25) is 0 Å². The molecule has 1 N–H and O–H groups in total. The Labute approximate surface area is 130 Å². The summed E-state index contributed by atoms with van der Waals surface area (Å²) in [5.74, 6) is 1.24. The third-order valence-electron chi connectivity index (χ3n) is 3.41. The quantitative estimate of drug-likeness (QED) is 0.708. The summed E-state index contributed by atoms with van der Waals surface area (Å²) >= 11 is 0. The standard InChI is InChI=1S/C18H19N3O/c1-14-6-5-7-15(12-14)13-19-11-10-17-20-21-18(22-17)16-8-3-2-4-9-16/h2-9,12,19H,10-11,13H2,1H3. The Hall–Kier alpha value is -2.46. The highest BCUT2D eigenvalue weighted by molar-refractivity contribution is 5.51. The zero-order chi connectivity index (χ0) is 15.2. The van der Waals surface area contributed by atoms with E-state index in [1.807, 2.05) is 30.3 Å². The van der Waals surface area contributed by atoms with Gasteiger partial charge in [0.1, 0.15) is 0 Å². The molecule has 0 unspecified atom stereocenters. The van der Waals surface area contributed by atoms with Gasteiger partial charge in [-0.2, -0.15) is 0 Å². The van der Waals surface area contributed by atoms with E-state index in [2.05, 4.69) is 46.7 Å². The molecule has 1 aromatic heterocycles. The number of aryl methyl sites for hydroxylation is 1. The summed E-state index contributed by atoms with van der Waals surface area (Å²) in [5, 5.41) is 11.6. The summed E-state index contributed by atoms with van der Waals surface area (Å²) in [6.45, 7) is 3.76. The van der Waals surface area contributed by atoms with Crippen molar-refractivity contribution in [2.45, 2.75) is 19.9 Å². The van der Waals surface area contributed by atoms with Gasteiger partial charge in [0.05, 0.1) is 0 Å². The number of hydrogen-bond donors (Lipinski definition) is 1. The Morgan fingerprint density at radius 1 is 1.00 bits per heavy atom. The second kappa shape index (κ2) is 7.00. The first kappa shape index (κ1) is 14.5. The molecular weight excluding hydrogens is 274 g/mol. The minimum atomic E-state index is 0.578. The fourth-order valence-corrected chi connectivity index (χ4v) is 2.30. The molecule has 0 aliphatic rings.